The van der Waals surface area contributed by atoms with Crippen LogP contribution >= 0.6 is 0 Å². The van der Waals surface area contributed by atoms with Crippen LogP contribution in [0.25, 0.3) is 0 Å². The molecule has 26 heavy (non-hydrogen) atoms. The van der Waals surface area contributed by atoms with Crippen LogP contribution in [0.15, 0.2) is 21.9 Å². The minimum Gasteiger partial charge on any atom is -0.353 e. The smallest absolute Gasteiger partial charge is 0.329 e. The molecular weight excluding hydrogens is 338 g/mol. The van der Waals surface area contributed by atoms with E-state index in [4.69, 9.17) is 0 Å². The Morgan fingerprint density at radius 2 is 2.08 bits per heavy atom. The largest absolute Gasteiger partial charge is 0.353 e. The van der Waals surface area contributed by atoms with Gasteiger partial charge in [-0.25, -0.2) is 9.48 Å². The summed E-state index contributed by atoms with van der Waals surface area (Å²) in [7, 11) is 1.42. The van der Waals surface area contributed by atoms with Gasteiger partial charge in [-0.2, -0.15) is 0 Å². The third-order valence-corrected chi connectivity index (χ3v) is 5.16. The van der Waals surface area contributed by atoms with Crippen LogP contribution < -0.4 is 21.5 Å². The number of H-pyrrole nitrogens is 1. The summed E-state index contributed by atoms with van der Waals surface area (Å²) < 4.78 is 2.77. The van der Waals surface area contributed by atoms with E-state index in [0.717, 1.165) is 17.4 Å². The molecule has 138 valence electrons. The van der Waals surface area contributed by atoms with E-state index in [9.17, 15) is 14.4 Å². The zero-order valence-corrected chi connectivity index (χ0v) is 14.7. The Balaban J connectivity index is 1.40. The van der Waals surface area contributed by atoms with Crippen LogP contribution in [-0.2, 0) is 7.05 Å². The lowest BCUT2D eigenvalue weighted by atomic mass is 9.92. The van der Waals surface area contributed by atoms with Crippen molar-refractivity contribution in [2.24, 2.45) is 7.05 Å². The van der Waals surface area contributed by atoms with Crippen LogP contribution in [0.5, 0.6) is 0 Å². The highest BCUT2D eigenvalue weighted by atomic mass is 16.2. The summed E-state index contributed by atoms with van der Waals surface area (Å²) in [6.07, 6.45) is 5.03. The van der Waals surface area contributed by atoms with Gasteiger partial charge in [0.1, 0.15) is 5.82 Å². The molecule has 1 aliphatic heterocycles. The predicted molar refractivity (Wildman–Crippen MR) is 93.3 cm³/mol. The first-order chi connectivity index (χ1) is 12.3. The van der Waals surface area contributed by atoms with Gasteiger partial charge >= 0.3 is 5.69 Å². The standard InChI is InChI=1S/C16H21N7O3/c1-16(8-22(9-16)12-6-13(24)21(2)15(26)17-12)18-14(25)11-7-23(20-19-11)10-4-3-5-10/h6-7,10H,3-5,8-9H2,1-2H3,(H,17,26)(H,18,25). The first-order valence-electron chi connectivity index (χ1n) is 8.64. The van der Waals surface area contributed by atoms with Gasteiger partial charge in [0, 0.05) is 26.2 Å². The molecule has 0 aromatic carbocycles. The molecule has 2 N–H and O–H groups in total. The molecule has 2 aromatic rings. The molecule has 1 aliphatic carbocycles. The maximum atomic E-state index is 12.4. The number of carbonyl (C=O) groups excluding carboxylic acids is 1. The number of hydrogen-bond donors (Lipinski definition) is 2. The molecule has 10 nitrogen and oxygen atoms in total. The van der Waals surface area contributed by atoms with Gasteiger partial charge in [0.2, 0.25) is 0 Å². The highest BCUT2D eigenvalue weighted by Gasteiger charge is 2.41. The third kappa shape index (κ3) is 2.80. The van der Waals surface area contributed by atoms with E-state index in [0.29, 0.717) is 30.6 Å². The summed E-state index contributed by atoms with van der Waals surface area (Å²) in [5.74, 6) is 0.191. The Morgan fingerprint density at radius 1 is 1.35 bits per heavy atom. The number of amides is 1. The molecule has 0 unspecified atom stereocenters. The SMILES string of the molecule is Cn1c(=O)cc(N2CC(C)(NC(=O)c3cn(C4CCC4)nn3)C2)[nH]c1=O. The molecule has 2 aromatic heterocycles. The number of nitrogens with one attached hydrogen (secondary N) is 2. The molecule has 3 heterocycles. The van der Waals surface area contributed by atoms with Crippen molar-refractivity contribution < 1.29 is 4.79 Å². The quantitative estimate of drug-likeness (QED) is 0.753. The Labute approximate surface area is 148 Å². The number of carbonyl (C=O) groups is 1. The highest BCUT2D eigenvalue weighted by molar-refractivity contribution is 5.92. The second-order valence-electron chi connectivity index (χ2n) is 7.40. The Kier molecular flexibility index (Phi) is 3.70. The maximum Gasteiger partial charge on any atom is 0.329 e. The van der Waals surface area contributed by atoms with Crippen molar-refractivity contribution in [3.63, 3.8) is 0 Å². The average molecular weight is 359 g/mol. The molecule has 0 atom stereocenters. The number of aromatic amines is 1. The van der Waals surface area contributed by atoms with Crippen molar-refractivity contribution in [3.8, 4) is 0 Å². The summed E-state index contributed by atoms with van der Waals surface area (Å²) in [5.41, 5.74) is -0.986. The number of aromatic nitrogens is 5. The summed E-state index contributed by atoms with van der Waals surface area (Å²) in [6, 6.07) is 1.74. The lowest BCUT2D eigenvalue weighted by Gasteiger charge is -2.49. The fourth-order valence-electron chi connectivity index (χ4n) is 3.31. The van der Waals surface area contributed by atoms with Crippen molar-refractivity contribution in [2.75, 3.05) is 18.0 Å². The van der Waals surface area contributed by atoms with Gasteiger partial charge < -0.3 is 10.2 Å². The molecule has 0 bridgehead atoms. The van der Waals surface area contributed by atoms with Gasteiger partial charge in [-0.15, -0.1) is 5.10 Å². The van der Waals surface area contributed by atoms with Crippen molar-refractivity contribution in [3.05, 3.63) is 38.8 Å². The van der Waals surface area contributed by atoms with E-state index in [1.807, 2.05) is 11.8 Å². The Bertz CT molecular complexity index is 931. The first-order valence-corrected chi connectivity index (χ1v) is 8.64. The summed E-state index contributed by atoms with van der Waals surface area (Å²) in [6.45, 7) is 2.88. The van der Waals surface area contributed by atoms with E-state index in [1.54, 1.807) is 10.9 Å². The van der Waals surface area contributed by atoms with Crippen LogP contribution in [0.4, 0.5) is 5.82 Å². The van der Waals surface area contributed by atoms with Crippen LogP contribution in [0, 0.1) is 0 Å². The predicted octanol–water partition coefficient (Wildman–Crippen LogP) is -0.601. The van der Waals surface area contributed by atoms with Crippen molar-refractivity contribution in [2.45, 2.75) is 37.8 Å². The number of hydrogen-bond acceptors (Lipinski definition) is 6. The van der Waals surface area contributed by atoms with Crippen molar-refractivity contribution in [1.29, 1.82) is 0 Å². The van der Waals surface area contributed by atoms with Crippen LogP contribution in [0.1, 0.15) is 42.7 Å². The molecular formula is C16H21N7O3. The summed E-state index contributed by atoms with van der Waals surface area (Å²) in [4.78, 5) is 40.4. The molecule has 2 aliphatic rings. The van der Waals surface area contributed by atoms with E-state index < -0.39 is 11.2 Å². The lowest BCUT2D eigenvalue weighted by Crippen LogP contribution is -2.69. The Hall–Kier alpha value is -2.91. The van der Waals surface area contributed by atoms with E-state index in [-0.39, 0.29) is 11.5 Å². The zero-order chi connectivity index (χ0) is 18.5. The van der Waals surface area contributed by atoms with Crippen LogP contribution in [0.3, 0.4) is 0 Å². The van der Waals surface area contributed by atoms with Gasteiger partial charge in [-0.3, -0.25) is 19.1 Å². The molecule has 1 amide bonds. The van der Waals surface area contributed by atoms with E-state index >= 15 is 0 Å². The average Bonchev–Trinajstić information content (AvgIpc) is 2.97. The molecule has 2 fully saturated rings. The Morgan fingerprint density at radius 3 is 2.69 bits per heavy atom. The van der Waals surface area contributed by atoms with Gasteiger partial charge in [0.25, 0.3) is 11.5 Å². The molecule has 4 rings (SSSR count). The van der Waals surface area contributed by atoms with Gasteiger partial charge in [-0.05, 0) is 26.2 Å². The summed E-state index contributed by atoms with van der Waals surface area (Å²) >= 11 is 0. The van der Waals surface area contributed by atoms with Crippen LogP contribution in [-0.4, -0.2) is 49.1 Å². The minimum atomic E-state index is -0.463. The van der Waals surface area contributed by atoms with Gasteiger partial charge in [-0.1, -0.05) is 5.21 Å². The number of anilines is 1. The van der Waals surface area contributed by atoms with Crippen molar-refractivity contribution in [1.82, 2.24) is 29.9 Å². The van der Waals surface area contributed by atoms with Gasteiger partial charge in [0.05, 0.1) is 17.8 Å². The van der Waals surface area contributed by atoms with Gasteiger partial charge in [0.15, 0.2) is 5.69 Å². The number of nitrogens with zero attached hydrogens (tertiary/aromatic N) is 5. The fourth-order valence-corrected chi connectivity index (χ4v) is 3.31. The lowest BCUT2D eigenvalue weighted by molar-refractivity contribution is 0.0883. The zero-order valence-electron chi connectivity index (χ0n) is 14.7. The van der Waals surface area contributed by atoms with Crippen LogP contribution in [0.2, 0.25) is 0 Å². The first kappa shape index (κ1) is 16.6. The maximum absolute atomic E-state index is 12.4. The topological polar surface area (TPSA) is 118 Å². The third-order valence-electron chi connectivity index (χ3n) is 5.16. The molecule has 0 spiro atoms. The van der Waals surface area contributed by atoms with E-state index in [2.05, 4.69) is 20.6 Å². The monoisotopic (exact) mass is 359 g/mol. The minimum absolute atomic E-state index is 0.268. The molecule has 1 saturated heterocycles. The second kappa shape index (κ2) is 5.82. The molecule has 0 radical (unpaired) electrons. The molecule has 10 heteroatoms. The highest BCUT2D eigenvalue weighted by Crippen LogP contribution is 2.30. The second-order valence-corrected chi connectivity index (χ2v) is 7.40. The van der Waals surface area contributed by atoms with E-state index in [1.165, 1.54) is 19.5 Å². The normalized spacial score (nSPS) is 18.9. The number of rotatable bonds is 4. The molecule has 1 saturated carbocycles. The van der Waals surface area contributed by atoms with Crippen molar-refractivity contribution >= 4 is 11.7 Å². The summed E-state index contributed by atoms with van der Waals surface area (Å²) in [5, 5.41) is 11.0. The fraction of sp³-hybridized carbons (Fsp3) is 0.562.